The maximum absolute atomic E-state index is 13.5. The molecule has 2 aromatic carbocycles. The molecule has 4 rings (SSSR count). The fourth-order valence-corrected chi connectivity index (χ4v) is 4.51. The number of ether oxygens (including phenoxy) is 1. The number of Topliss-reactive ketones (excluding diaryl/α,β-unsaturated/α-hetero) is 1. The van der Waals surface area contributed by atoms with Crippen molar-refractivity contribution in [2.75, 3.05) is 4.90 Å². The number of pyridine rings is 1. The zero-order valence-corrected chi connectivity index (χ0v) is 22.5. The van der Waals surface area contributed by atoms with Gasteiger partial charge in [-0.3, -0.25) is 19.5 Å². The Kier molecular flexibility index (Phi) is 7.22. The normalized spacial score (nSPS) is 17.2. The number of hydrogen-bond donors (Lipinski definition) is 1. The molecule has 2 heterocycles. The molecule has 7 nitrogen and oxygen atoms in total. The molecule has 196 valence electrons. The van der Waals surface area contributed by atoms with Gasteiger partial charge in [-0.1, -0.05) is 45.0 Å². The molecule has 0 saturated carbocycles. The highest BCUT2D eigenvalue weighted by molar-refractivity contribution is 6.51. The van der Waals surface area contributed by atoms with Crippen LogP contribution in [0, 0.1) is 6.92 Å². The molecular weight excluding hydrogens is 480 g/mol. The van der Waals surface area contributed by atoms with Crippen LogP contribution in [0.1, 0.15) is 73.3 Å². The molecular formula is C31H32N2O5. The summed E-state index contributed by atoms with van der Waals surface area (Å²) >= 11 is 0. The summed E-state index contributed by atoms with van der Waals surface area (Å²) in [5, 5.41) is 11.6. The van der Waals surface area contributed by atoms with Crippen LogP contribution in [-0.4, -0.2) is 33.9 Å². The lowest BCUT2D eigenvalue weighted by Gasteiger charge is -2.26. The van der Waals surface area contributed by atoms with Crippen molar-refractivity contribution in [3.63, 3.8) is 0 Å². The number of aliphatic hydroxyl groups is 1. The van der Waals surface area contributed by atoms with Crippen molar-refractivity contribution in [3.8, 4) is 0 Å². The molecule has 0 spiro atoms. The van der Waals surface area contributed by atoms with Crippen molar-refractivity contribution in [1.82, 2.24) is 4.98 Å². The maximum Gasteiger partial charge on any atom is 0.338 e. The Labute approximate surface area is 222 Å². The molecule has 0 radical (unpaired) electrons. The van der Waals surface area contributed by atoms with E-state index in [4.69, 9.17) is 4.74 Å². The highest BCUT2D eigenvalue weighted by Gasteiger charge is 2.47. The minimum Gasteiger partial charge on any atom is -0.507 e. The van der Waals surface area contributed by atoms with Crippen LogP contribution < -0.4 is 4.90 Å². The van der Waals surface area contributed by atoms with E-state index < -0.39 is 23.7 Å². The Morgan fingerprint density at radius 1 is 1.05 bits per heavy atom. The fourth-order valence-electron chi connectivity index (χ4n) is 4.51. The summed E-state index contributed by atoms with van der Waals surface area (Å²) in [6.45, 7) is 11.5. The van der Waals surface area contributed by atoms with Gasteiger partial charge in [0.15, 0.2) is 0 Å². The van der Waals surface area contributed by atoms with Gasteiger partial charge >= 0.3 is 5.97 Å². The second-order valence-electron chi connectivity index (χ2n) is 10.7. The predicted octanol–water partition coefficient (Wildman–Crippen LogP) is 5.88. The molecule has 38 heavy (non-hydrogen) atoms. The Morgan fingerprint density at radius 2 is 1.79 bits per heavy atom. The summed E-state index contributed by atoms with van der Waals surface area (Å²) < 4.78 is 5.31. The number of ketones is 1. The van der Waals surface area contributed by atoms with Gasteiger partial charge in [0, 0.05) is 23.6 Å². The zero-order chi connectivity index (χ0) is 27.8. The molecule has 1 aliphatic heterocycles. The molecule has 1 atom stereocenters. The van der Waals surface area contributed by atoms with Crippen LogP contribution in [0.3, 0.4) is 0 Å². The van der Waals surface area contributed by atoms with Crippen molar-refractivity contribution >= 4 is 29.1 Å². The van der Waals surface area contributed by atoms with E-state index in [2.05, 4.69) is 25.8 Å². The molecule has 1 N–H and O–H groups in total. The van der Waals surface area contributed by atoms with Crippen LogP contribution in [0.25, 0.3) is 5.76 Å². The number of nitrogens with zero attached hydrogens (tertiary/aromatic N) is 2. The largest absolute Gasteiger partial charge is 0.507 e. The molecule has 0 bridgehead atoms. The molecule has 1 saturated heterocycles. The third kappa shape index (κ3) is 5.09. The van der Waals surface area contributed by atoms with E-state index in [1.54, 1.807) is 56.6 Å². The Morgan fingerprint density at radius 3 is 2.42 bits per heavy atom. The van der Waals surface area contributed by atoms with E-state index in [9.17, 15) is 19.5 Å². The van der Waals surface area contributed by atoms with Crippen LogP contribution in [-0.2, 0) is 19.7 Å². The smallest absolute Gasteiger partial charge is 0.338 e. The van der Waals surface area contributed by atoms with Crippen LogP contribution >= 0.6 is 0 Å². The number of benzene rings is 2. The monoisotopic (exact) mass is 512 g/mol. The average Bonchev–Trinajstić information content (AvgIpc) is 3.13. The van der Waals surface area contributed by atoms with Crippen molar-refractivity contribution in [2.45, 2.75) is 59.1 Å². The Balaban J connectivity index is 1.92. The van der Waals surface area contributed by atoms with Gasteiger partial charge < -0.3 is 9.84 Å². The number of aryl methyl sites for hydroxylation is 1. The summed E-state index contributed by atoms with van der Waals surface area (Å²) in [5.41, 5.74) is 3.13. The third-order valence-corrected chi connectivity index (χ3v) is 6.51. The predicted molar refractivity (Wildman–Crippen MR) is 146 cm³/mol. The van der Waals surface area contributed by atoms with Gasteiger partial charge in [0.05, 0.1) is 23.3 Å². The molecule has 1 aromatic heterocycles. The van der Waals surface area contributed by atoms with Gasteiger partial charge in [-0.05, 0) is 73.2 Å². The standard InChI is InChI=1S/C31H32N2O5/c1-18(2)38-30(37)20-9-7-11-23(15-20)33-26(21-10-8-14-32-17-21)25(28(35)29(33)36)27(34)24-16-22(31(4,5)6)13-12-19(24)3/h7-18,26,34H,1-6H3/b27-25+. The number of carbonyl (C=O) groups excluding carboxylic acids is 3. The number of rotatable bonds is 5. The van der Waals surface area contributed by atoms with Crippen LogP contribution in [0.15, 0.2) is 72.6 Å². The lowest BCUT2D eigenvalue weighted by Crippen LogP contribution is -2.29. The van der Waals surface area contributed by atoms with Gasteiger partial charge in [0.2, 0.25) is 0 Å². The third-order valence-electron chi connectivity index (χ3n) is 6.51. The van der Waals surface area contributed by atoms with Gasteiger partial charge in [0.1, 0.15) is 5.76 Å². The molecule has 1 fully saturated rings. The van der Waals surface area contributed by atoms with Crippen molar-refractivity contribution < 1.29 is 24.2 Å². The first-order valence-electron chi connectivity index (χ1n) is 12.5. The maximum atomic E-state index is 13.5. The molecule has 3 aromatic rings. The second kappa shape index (κ2) is 10.2. The summed E-state index contributed by atoms with van der Waals surface area (Å²) in [4.78, 5) is 45.1. The summed E-state index contributed by atoms with van der Waals surface area (Å²) in [6, 6.07) is 14.6. The second-order valence-corrected chi connectivity index (χ2v) is 10.7. The zero-order valence-electron chi connectivity index (χ0n) is 22.5. The van der Waals surface area contributed by atoms with Gasteiger partial charge in [-0.25, -0.2) is 4.79 Å². The molecule has 7 heteroatoms. The highest BCUT2D eigenvalue weighted by Crippen LogP contribution is 2.43. The number of anilines is 1. The molecule has 0 aliphatic carbocycles. The quantitative estimate of drug-likeness (QED) is 0.198. The minimum absolute atomic E-state index is 0.0349. The molecule has 1 unspecified atom stereocenters. The highest BCUT2D eigenvalue weighted by atomic mass is 16.5. The first-order valence-corrected chi connectivity index (χ1v) is 12.5. The lowest BCUT2D eigenvalue weighted by atomic mass is 9.84. The lowest BCUT2D eigenvalue weighted by molar-refractivity contribution is -0.132. The average molecular weight is 513 g/mol. The van der Waals surface area contributed by atoms with Crippen LogP contribution in [0.5, 0.6) is 0 Å². The van der Waals surface area contributed by atoms with Gasteiger partial charge in [-0.15, -0.1) is 0 Å². The van der Waals surface area contributed by atoms with Crippen molar-refractivity contribution in [1.29, 1.82) is 0 Å². The van der Waals surface area contributed by atoms with E-state index in [1.807, 2.05) is 25.1 Å². The van der Waals surface area contributed by atoms with E-state index in [0.717, 1.165) is 11.1 Å². The summed E-state index contributed by atoms with van der Waals surface area (Å²) in [7, 11) is 0. The number of esters is 1. The first-order chi connectivity index (χ1) is 17.9. The molecule has 1 amide bonds. The van der Waals surface area contributed by atoms with Crippen molar-refractivity contribution in [3.05, 3.63) is 100 Å². The summed E-state index contributed by atoms with van der Waals surface area (Å²) in [5.74, 6) is -2.41. The Bertz CT molecular complexity index is 1430. The van der Waals surface area contributed by atoms with E-state index in [-0.39, 0.29) is 28.4 Å². The number of hydrogen-bond acceptors (Lipinski definition) is 6. The van der Waals surface area contributed by atoms with Crippen LogP contribution in [0.2, 0.25) is 0 Å². The SMILES string of the molecule is Cc1ccc(C(C)(C)C)cc1/C(O)=C1\C(=O)C(=O)N(c2cccc(C(=O)OC(C)C)c2)C1c1cccnc1. The summed E-state index contributed by atoms with van der Waals surface area (Å²) in [6.07, 6.45) is 2.84. The van der Waals surface area contributed by atoms with E-state index in [1.165, 1.54) is 11.0 Å². The topological polar surface area (TPSA) is 96.8 Å². The molecule has 1 aliphatic rings. The van der Waals surface area contributed by atoms with Gasteiger partial charge in [-0.2, -0.15) is 0 Å². The fraction of sp³-hybridized carbons (Fsp3) is 0.290. The van der Waals surface area contributed by atoms with Crippen molar-refractivity contribution in [2.24, 2.45) is 0 Å². The number of carbonyl (C=O) groups is 3. The van der Waals surface area contributed by atoms with E-state index >= 15 is 0 Å². The Hall–Kier alpha value is -4.26. The number of aromatic nitrogens is 1. The first kappa shape index (κ1) is 26.8. The number of amides is 1. The van der Waals surface area contributed by atoms with Gasteiger partial charge in [0.25, 0.3) is 11.7 Å². The number of aliphatic hydroxyl groups excluding tert-OH is 1. The minimum atomic E-state index is -0.947. The van der Waals surface area contributed by atoms with E-state index in [0.29, 0.717) is 16.8 Å². The van der Waals surface area contributed by atoms with Crippen LogP contribution in [0.4, 0.5) is 5.69 Å².